The number of nitrogen functional groups attached to an aromatic ring is 1. The molecule has 6 heteroatoms. The second-order valence-corrected chi connectivity index (χ2v) is 4.88. The van der Waals surface area contributed by atoms with Crippen LogP contribution in [-0.4, -0.2) is 28.7 Å². The molecule has 3 amide bonds. The number of hydrogen-bond acceptors (Lipinski definition) is 4. The van der Waals surface area contributed by atoms with Crippen LogP contribution in [0.2, 0.25) is 0 Å². The molecule has 0 aromatic heterocycles. The van der Waals surface area contributed by atoms with Gasteiger partial charge in [-0.05, 0) is 23.8 Å². The van der Waals surface area contributed by atoms with Crippen LogP contribution in [0, 0.1) is 0 Å². The summed E-state index contributed by atoms with van der Waals surface area (Å²) < 4.78 is 0. The Balaban J connectivity index is 1.87. The zero-order chi connectivity index (χ0) is 13.6. The van der Waals surface area contributed by atoms with Crippen molar-refractivity contribution in [1.82, 2.24) is 10.2 Å². The summed E-state index contributed by atoms with van der Waals surface area (Å²) in [5.74, 6) is -0.795. The van der Waals surface area contributed by atoms with Crippen molar-refractivity contribution in [2.24, 2.45) is 0 Å². The van der Waals surface area contributed by atoms with Crippen molar-refractivity contribution < 1.29 is 14.4 Å². The number of fused-ring (bicyclic) bond motifs is 1. The minimum absolute atomic E-state index is 0.137. The number of amides is 3. The van der Waals surface area contributed by atoms with Crippen molar-refractivity contribution in [2.75, 3.05) is 5.73 Å². The maximum atomic E-state index is 12.3. The third-order valence-corrected chi connectivity index (χ3v) is 3.52. The van der Waals surface area contributed by atoms with E-state index in [0.29, 0.717) is 17.8 Å². The smallest absolute Gasteiger partial charge is 0.254 e. The summed E-state index contributed by atoms with van der Waals surface area (Å²) in [6.07, 6.45) is 0.335. The number of imide groups is 1. The SMILES string of the molecule is Nc1ccc2c(c1)CN(C1CC(=O)NC(=O)C1)C2=O. The predicted octanol–water partition coefficient (Wildman–Crippen LogP) is 0.0298. The molecule has 2 aliphatic rings. The monoisotopic (exact) mass is 259 g/mol. The molecular formula is C13H13N3O3. The van der Waals surface area contributed by atoms with Crippen molar-refractivity contribution in [3.05, 3.63) is 29.3 Å². The van der Waals surface area contributed by atoms with Crippen LogP contribution in [0.3, 0.4) is 0 Å². The highest BCUT2D eigenvalue weighted by molar-refractivity contribution is 6.02. The van der Waals surface area contributed by atoms with Gasteiger partial charge in [-0.1, -0.05) is 0 Å². The summed E-state index contributed by atoms with van der Waals surface area (Å²) in [7, 11) is 0. The molecule has 1 saturated heterocycles. The first-order valence-electron chi connectivity index (χ1n) is 6.06. The van der Waals surface area contributed by atoms with Crippen LogP contribution in [0.25, 0.3) is 0 Å². The molecule has 0 radical (unpaired) electrons. The Morgan fingerprint density at radius 3 is 2.53 bits per heavy atom. The van der Waals surface area contributed by atoms with Gasteiger partial charge in [-0.15, -0.1) is 0 Å². The topological polar surface area (TPSA) is 92.5 Å². The molecule has 1 fully saturated rings. The van der Waals surface area contributed by atoms with Gasteiger partial charge in [-0.2, -0.15) is 0 Å². The number of benzene rings is 1. The van der Waals surface area contributed by atoms with Crippen LogP contribution in [0.4, 0.5) is 5.69 Å². The van der Waals surface area contributed by atoms with Crippen molar-refractivity contribution >= 4 is 23.4 Å². The third kappa shape index (κ3) is 1.95. The lowest BCUT2D eigenvalue weighted by Gasteiger charge is -2.29. The number of nitrogens with zero attached hydrogens (tertiary/aromatic N) is 1. The Kier molecular flexibility index (Phi) is 2.51. The number of carbonyl (C=O) groups is 3. The lowest BCUT2D eigenvalue weighted by atomic mass is 10.0. The Morgan fingerprint density at radius 1 is 1.16 bits per heavy atom. The summed E-state index contributed by atoms with van der Waals surface area (Å²) in [5, 5.41) is 2.24. The highest BCUT2D eigenvalue weighted by Crippen LogP contribution is 2.29. The summed E-state index contributed by atoms with van der Waals surface area (Å²) in [5.41, 5.74) is 7.75. The molecular weight excluding hydrogens is 246 g/mol. The van der Waals surface area contributed by atoms with Gasteiger partial charge in [0, 0.05) is 36.7 Å². The summed E-state index contributed by atoms with van der Waals surface area (Å²) in [6.45, 7) is 0.407. The van der Waals surface area contributed by atoms with Crippen molar-refractivity contribution in [2.45, 2.75) is 25.4 Å². The van der Waals surface area contributed by atoms with Gasteiger partial charge in [0.2, 0.25) is 11.8 Å². The second kappa shape index (κ2) is 4.08. The van der Waals surface area contributed by atoms with Gasteiger partial charge in [-0.25, -0.2) is 0 Å². The van der Waals surface area contributed by atoms with E-state index in [1.165, 1.54) is 0 Å². The summed E-state index contributed by atoms with van der Waals surface area (Å²) in [6, 6.07) is 4.77. The largest absolute Gasteiger partial charge is 0.399 e. The van der Waals surface area contributed by atoms with E-state index >= 15 is 0 Å². The fourth-order valence-electron chi connectivity index (χ4n) is 2.64. The Bertz CT molecular complexity index is 581. The maximum absolute atomic E-state index is 12.3. The van der Waals surface area contributed by atoms with Crippen LogP contribution < -0.4 is 11.1 Å². The molecule has 3 N–H and O–H groups in total. The van der Waals surface area contributed by atoms with E-state index in [4.69, 9.17) is 5.73 Å². The number of piperidine rings is 1. The van der Waals surface area contributed by atoms with E-state index in [1.807, 2.05) is 0 Å². The van der Waals surface area contributed by atoms with Crippen LogP contribution in [0.1, 0.15) is 28.8 Å². The number of anilines is 1. The minimum Gasteiger partial charge on any atom is -0.399 e. The zero-order valence-electron chi connectivity index (χ0n) is 10.2. The first-order valence-corrected chi connectivity index (χ1v) is 6.06. The van der Waals surface area contributed by atoms with E-state index in [-0.39, 0.29) is 36.6 Å². The van der Waals surface area contributed by atoms with E-state index in [2.05, 4.69) is 5.32 Å². The zero-order valence-corrected chi connectivity index (χ0v) is 10.2. The lowest BCUT2D eigenvalue weighted by molar-refractivity contribution is -0.135. The van der Waals surface area contributed by atoms with Crippen molar-refractivity contribution in [1.29, 1.82) is 0 Å². The number of nitrogens with two attached hydrogens (primary N) is 1. The van der Waals surface area contributed by atoms with Gasteiger partial charge >= 0.3 is 0 Å². The normalized spacial score (nSPS) is 19.6. The number of rotatable bonds is 1. The molecule has 2 heterocycles. The second-order valence-electron chi connectivity index (χ2n) is 4.88. The molecule has 2 aliphatic heterocycles. The number of hydrogen-bond donors (Lipinski definition) is 2. The Hall–Kier alpha value is -2.37. The first kappa shape index (κ1) is 11.7. The van der Waals surface area contributed by atoms with E-state index in [0.717, 1.165) is 5.56 Å². The lowest BCUT2D eigenvalue weighted by Crippen LogP contribution is -2.48. The van der Waals surface area contributed by atoms with Crippen LogP contribution in [0.5, 0.6) is 0 Å². The van der Waals surface area contributed by atoms with Crippen LogP contribution in [0.15, 0.2) is 18.2 Å². The molecule has 3 rings (SSSR count). The predicted molar refractivity (Wildman–Crippen MR) is 66.9 cm³/mol. The Labute approximate surface area is 109 Å². The van der Waals surface area contributed by atoms with Crippen molar-refractivity contribution in [3.63, 3.8) is 0 Å². The molecule has 0 saturated carbocycles. The van der Waals surface area contributed by atoms with E-state index in [1.54, 1.807) is 23.1 Å². The van der Waals surface area contributed by atoms with E-state index in [9.17, 15) is 14.4 Å². The quantitative estimate of drug-likeness (QED) is 0.549. The maximum Gasteiger partial charge on any atom is 0.254 e. The van der Waals surface area contributed by atoms with Gasteiger partial charge in [0.15, 0.2) is 0 Å². The number of carbonyl (C=O) groups excluding carboxylic acids is 3. The average molecular weight is 259 g/mol. The molecule has 0 atom stereocenters. The molecule has 19 heavy (non-hydrogen) atoms. The molecule has 1 aromatic carbocycles. The third-order valence-electron chi connectivity index (χ3n) is 3.52. The minimum atomic E-state index is -0.359. The van der Waals surface area contributed by atoms with Gasteiger partial charge in [0.25, 0.3) is 5.91 Å². The summed E-state index contributed by atoms with van der Waals surface area (Å²) >= 11 is 0. The molecule has 1 aromatic rings. The van der Waals surface area contributed by atoms with Gasteiger partial charge < -0.3 is 10.6 Å². The van der Waals surface area contributed by atoms with Crippen LogP contribution in [-0.2, 0) is 16.1 Å². The van der Waals surface area contributed by atoms with Crippen LogP contribution >= 0.6 is 0 Å². The van der Waals surface area contributed by atoms with Crippen molar-refractivity contribution in [3.8, 4) is 0 Å². The van der Waals surface area contributed by atoms with Gasteiger partial charge in [0.05, 0.1) is 0 Å². The Morgan fingerprint density at radius 2 is 1.84 bits per heavy atom. The van der Waals surface area contributed by atoms with Gasteiger partial charge in [0.1, 0.15) is 0 Å². The molecule has 0 spiro atoms. The van der Waals surface area contributed by atoms with Gasteiger partial charge in [-0.3, -0.25) is 19.7 Å². The molecule has 0 unspecified atom stereocenters. The molecule has 98 valence electrons. The molecule has 0 aliphatic carbocycles. The molecule has 6 nitrogen and oxygen atoms in total. The number of nitrogens with one attached hydrogen (secondary N) is 1. The van der Waals surface area contributed by atoms with E-state index < -0.39 is 0 Å². The highest BCUT2D eigenvalue weighted by Gasteiger charge is 2.37. The summed E-state index contributed by atoms with van der Waals surface area (Å²) in [4.78, 5) is 36.6. The first-order chi connectivity index (χ1) is 9.04. The molecule has 0 bridgehead atoms. The average Bonchev–Trinajstić information content (AvgIpc) is 2.65. The highest BCUT2D eigenvalue weighted by atomic mass is 16.2. The fraction of sp³-hybridized carbons (Fsp3) is 0.308. The fourth-order valence-corrected chi connectivity index (χ4v) is 2.64. The standard InChI is InChI=1S/C13H13N3O3/c14-8-1-2-10-7(3-8)6-16(13(10)19)9-4-11(17)15-12(18)5-9/h1-3,9H,4-6,14H2,(H,15,17,18).